The van der Waals surface area contributed by atoms with Crippen molar-refractivity contribution in [2.24, 2.45) is 0 Å². The molecule has 3 aromatic carbocycles. The number of anilines is 1. The number of nitrogens with one attached hydrogen (secondary N) is 1. The molecule has 1 amide bonds. The molecular formula is C25H19NO8S. The highest BCUT2D eigenvalue weighted by Gasteiger charge is 2.53. The first-order valence-electron chi connectivity index (χ1n) is 10.6. The lowest BCUT2D eigenvalue weighted by molar-refractivity contribution is -0.136. The first-order valence-corrected chi connectivity index (χ1v) is 11.8. The summed E-state index contributed by atoms with van der Waals surface area (Å²) in [6.07, 6.45) is -0.0348. The minimum Gasteiger partial charge on any atom is -0.508 e. The SMILES string of the molecule is O=C(O)CCSCC(=O)Nc1ccc2c(c1)C(=O)OC21c2ccc(O)cc2Oc2cc(O)ccc21. The van der Waals surface area contributed by atoms with Crippen molar-refractivity contribution in [2.45, 2.75) is 12.0 Å². The summed E-state index contributed by atoms with van der Waals surface area (Å²) in [5, 5.41) is 31.4. The van der Waals surface area contributed by atoms with E-state index in [-0.39, 0.29) is 46.6 Å². The highest BCUT2D eigenvalue weighted by atomic mass is 32.2. The minimum absolute atomic E-state index is 0.0348. The Bertz CT molecular complexity index is 1330. The maximum Gasteiger partial charge on any atom is 0.340 e. The summed E-state index contributed by atoms with van der Waals surface area (Å²) in [5.41, 5.74) is 0.816. The Hall–Kier alpha value is -4.18. The summed E-state index contributed by atoms with van der Waals surface area (Å²) in [4.78, 5) is 35.9. The van der Waals surface area contributed by atoms with Crippen LogP contribution < -0.4 is 10.1 Å². The van der Waals surface area contributed by atoms with Crippen LogP contribution in [-0.4, -0.2) is 44.7 Å². The fourth-order valence-corrected chi connectivity index (χ4v) is 5.03. The summed E-state index contributed by atoms with van der Waals surface area (Å²) in [5.74, 6) is -0.985. The van der Waals surface area contributed by atoms with Gasteiger partial charge in [-0.1, -0.05) is 6.07 Å². The molecule has 35 heavy (non-hydrogen) atoms. The van der Waals surface area contributed by atoms with Crippen LogP contribution in [0.5, 0.6) is 23.0 Å². The lowest BCUT2D eigenvalue weighted by atomic mass is 9.77. The quantitative estimate of drug-likeness (QED) is 0.298. The number of phenols is 2. The van der Waals surface area contributed by atoms with Crippen LogP contribution >= 0.6 is 11.8 Å². The summed E-state index contributed by atoms with van der Waals surface area (Å²) in [6, 6.07) is 13.9. The molecule has 0 aliphatic carbocycles. The zero-order valence-electron chi connectivity index (χ0n) is 18.1. The molecular weight excluding hydrogens is 474 g/mol. The van der Waals surface area contributed by atoms with Crippen LogP contribution in [0.25, 0.3) is 0 Å². The highest BCUT2D eigenvalue weighted by Crippen LogP contribution is 2.57. The number of carbonyl (C=O) groups is 3. The molecule has 178 valence electrons. The van der Waals surface area contributed by atoms with Crippen LogP contribution in [0.3, 0.4) is 0 Å². The van der Waals surface area contributed by atoms with Crippen LogP contribution in [-0.2, 0) is 19.9 Å². The number of esters is 1. The molecule has 0 atom stereocenters. The molecule has 4 N–H and O–H groups in total. The molecule has 0 saturated heterocycles. The normalized spacial score (nSPS) is 14.3. The number of benzene rings is 3. The van der Waals surface area contributed by atoms with Crippen molar-refractivity contribution in [1.82, 2.24) is 0 Å². The predicted molar refractivity (Wildman–Crippen MR) is 126 cm³/mol. The van der Waals surface area contributed by atoms with Gasteiger partial charge in [-0.25, -0.2) is 4.79 Å². The van der Waals surface area contributed by atoms with Gasteiger partial charge in [0.15, 0.2) is 5.60 Å². The monoisotopic (exact) mass is 493 g/mol. The largest absolute Gasteiger partial charge is 0.508 e. The molecule has 2 aliphatic rings. The molecule has 3 aromatic rings. The third kappa shape index (κ3) is 3.91. The number of aliphatic carboxylic acids is 1. The fraction of sp³-hybridized carbons (Fsp3) is 0.160. The van der Waals surface area contributed by atoms with Gasteiger partial charge < -0.3 is 30.1 Å². The first kappa shape index (κ1) is 22.6. The van der Waals surface area contributed by atoms with E-state index in [0.29, 0.717) is 28.1 Å². The Balaban J connectivity index is 1.51. The molecule has 0 aromatic heterocycles. The minimum atomic E-state index is -1.37. The van der Waals surface area contributed by atoms with E-state index in [4.69, 9.17) is 14.6 Å². The topological polar surface area (TPSA) is 142 Å². The lowest BCUT2D eigenvalue weighted by Crippen LogP contribution is -2.32. The number of carboxylic acids is 1. The Morgan fingerprint density at radius 1 is 0.914 bits per heavy atom. The molecule has 2 heterocycles. The molecule has 0 unspecified atom stereocenters. The van der Waals surface area contributed by atoms with Crippen molar-refractivity contribution < 1.29 is 39.2 Å². The van der Waals surface area contributed by atoms with E-state index < -0.39 is 17.5 Å². The molecule has 0 fully saturated rings. The van der Waals surface area contributed by atoms with Crippen LogP contribution in [0.15, 0.2) is 54.6 Å². The smallest absolute Gasteiger partial charge is 0.340 e. The average molecular weight is 493 g/mol. The van der Waals surface area contributed by atoms with Crippen molar-refractivity contribution in [3.8, 4) is 23.0 Å². The lowest BCUT2D eigenvalue weighted by Gasteiger charge is -2.36. The zero-order valence-corrected chi connectivity index (χ0v) is 18.9. The predicted octanol–water partition coefficient (Wildman–Crippen LogP) is 3.81. The number of hydrogen-bond donors (Lipinski definition) is 4. The van der Waals surface area contributed by atoms with E-state index >= 15 is 0 Å². The van der Waals surface area contributed by atoms with E-state index in [1.807, 2.05) is 0 Å². The number of phenolic OH excluding ortho intramolecular Hbond substituents is 2. The van der Waals surface area contributed by atoms with Gasteiger partial charge in [-0.3, -0.25) is 9.59 Å². The van der Waals surface area contributed by atoms with E-state index in [1.54, 1.807) is 24.3 Å². The summed E-state index contributed by atoms with van der Waals surface area (Å²) >= 11 is 1.20. The number of ether oxygens (including phenoxy) is 2. The van der Waals surface area contributed by atoms with E-state index in [0.717, 1.165) is 0 Å². The van der Waals surface area contributed by atoms with E-state index in [9.17, 15) is 24.6 Å². The summed E-state index contributed by atoms with van der Waals surface area (Å²) in [6.45, 7) is 0. The van der Waals surface area contributed by atoms with Crippen molar-refractivity contribution >= 4 is 35.3 Å². The number of hydrogen-bond acceptors (Lipinski definition) is 8. The van der Waals surface area contributed by atoms with Gasteiger partial charge in [-0.15, -0.1) is 0 Å². The second kappa shape index (κ2) is 8.55. The highest BCUT2D eigenvalue weighted by molar-refractivity contribution is 7.99. The number of carbonyl (C=O) groups excluding carboxylic acids is 2. The van der Waals surface area contributed by atoms with Gasteiger partial charge in [0, 0.05) is 40.3 Å². The Kier molecular flexibility index (Phi) is 5.52. The zero-order chi connectivity index (χ0) is 24.7. The third-order valence-electron chi connectivity index (χ3n) is 5.75. The number of fused-ring (bicyclic) bond motifs is 6. The van der Waals surface area contributed by atoms with Crippen LogP contribution in [0, 0.1) is 0 Å². The number of thioether (sulfide) groups is 1. The van der Waals surface area contributed by atoms with E-state index in [2.05, 4.69) is 5.32 Å². The maximum absolute atomic E-state index is 13.1. The first-order chi connectivity index (χ1) is 16.8. The standard InChI is InChI=1S/C25H19NO8S/c27-14-2-5-18-20(10-14)33-21-11-15(28)3-6-19(21)25(18)17-4-1-13(9-16(17)24(32)34-25)26-22(29)12-35-8-7-23(30)31/h1-6,9-11,27-28H,7-8,12H2,(H,26,29)(H,30,31). The third-order valence-corrected chi connectivity index (χ3v) is 6.71. The van der Waals surface area contributed by atoms with Crippen LogP contribution in [0.4, 0.5) is 5.69 Å². The second-order valence-corrected chi connectivity index (χ2v) is 9.14. The Morgan fingerprint density at radius 3 is 2.17 bits per heavy atom. The van der Waals surface area contributed by atoms with Crippen molar-refractivity contribution in [3.05, 3.63) is 76.9 Å². The van der Waals surface area contributed by atoms with Crippen molar-refractivity contribution in [2.75, 3.05) is 16.8 Å². The molecule has 5 rings (SSSR count). The number of aromatic hydroxyl groups is 2. The van der Waals surface area contributed by atoms with Gasteiger partial charge in [-0.2, -0.15) is 11.8 Å². The average Bonchev–Trinajstić information content (AvgIpc) is 3.08. The van der Waals surface area contributed by atoms with Crippen molar-refractivity contribution in [1.29, 1.82) is 0 Å². The van der Waals surface area contributed by atoms with Gasteiger partial charge in [0.05, 0.1) is 17.7 Å². The molecule has 2 aliphatic heterocycles. The number of carboxylic acid groups (broad SMARTS) is 1. The van der Waals surface area contributed by atoms with Gasteiger partial charge in [0.2, 0.25) is 5.91 Å². The Labute approximate surface area is 203 Å². The van der Waals surface area contributed by atoms with Gasteiger partial charge in [0.25, 0.3) is 0 Å². The fourth-order valence-electron chi connectivity index (χ4n) is 4.30. The van der Waals surface area contributed by atoms with Gasteiger partial charge in [0.1, 0.15) is 23.0 Å². The Morgan fingerprint density at radius 2 is 1.54 bits per heavy atom. The molecule has 1 spiro atoms. The van der Waals surface area contributed by atoms with Crippen molar-refractivity contribution in [3.63, 3.8) is 0 Å². The maximum atomic E-state index is 13.1. The number of amides is 1. The number of rotatable bonds is 6. The summed E-state index contributed by atoms with van der Waals surface area (Å²) < 4.78 is 11.9. The molecule has 0 saturated carbocycles. The molecule has 0 bridgehead atoms. The van der Waals surface area contributed by atoms with Crippen LogP contribution in [0.1, 0.15) is 33.5 Å². The van der Waals surface area contributed by atoms with Gasteiger partial charge in [-0.05, 0) is 36.4 Å². The molecule has 10 heteroatoms. The molecule has 9 nitrogen and oxygen atoms in total. The summed E-state index contributed by atoms with van der Waals surface area (Å²) in [7, 11) is 0. The van der Waals surface area contributed by atoms with Crippen LogP contribution in [0.2, 0.25) is 0 Å². The van der Waals surface area contributed by atoms with E-state index in [1.165, 1.54) is 42.1 Å². The molecule has 0 radical (unpaired) electrons. The van der Waals surface area contributed by atoms with Gasteiger partial charge >= 0.3 is 11.9 Å². The second-order valence-electron chi connectivity index (χ2n) is 8.04.